The van der Waals surface area contributed by atoms with Crippen molar-refractivity contribution >= 4 is 11.6 Å². The standard InChI is InChI=1S/C18H27N3O/c1-20-12-13-21(14-16-4-2-3-5-17(16)20)18(22)7-6-15-8-10-19-11-9-15/h2-5,15,19H,6-14H2,1H3. The largest absolute Gasteiger partial charge is 0.373 e. The molecule has 0 bridgehead atoms. The van der Waals surface area contributed by atoms with Crippen LogP contribution in [-0.2, 0) is 11.3 Å². The van der Waals surface area contributed by atoms with E-state index in [1.54, 1.807) is 0 Å². The number of nitrogens with one attached hydrogen (secondary N) is 1. The number of nitrogens with zero attached hydrogens (tertiary/aromatic N) is 2. The van der Waals surface area contributed by atoms with E-state index in [9.17, 15) is 4.79 Å². The van der Waals surface area contributed by atoms with Crippen molar-refractivity contribution in [2.24, 2.45) is 5.92 Å². The second-order valence-corrected chi connectivity index (χ2v) is 6.60. The summed E-state index contributed by atoms with van der Waals surface area (Å²) in [6, 6.07) is 8.43. The van der Waals surface area contributed by atoms with Crippen molar-refractivity contribution in [3.8, 4) is 0 Å². The Morgan fingerprint density at radius 1 is 1.23 bits per heavy atom. The van der Waals surface area contributed by atoms with Gasteiger partial charge in [0.2, 0.25) is 5.91 Å². The summed E-state index contributed by atoms with van der Waals surface area (Å²) in [5.41, 5.74) is 2.52. The lowest BCUT2D eigenvalue weighted by Crippen LogP contribution is -2.35. The molecule has 0 radical (unpaired) electrons. The fraction of sp³-hybridized carbons (Fsp3) is 0.611. The van der Waals surface area contributed by atoms with Crippen LogP contribution in [-0.4, -0.2) is 44.0 Å². The van der Waals surface area contributed by atoms with Gasteiger partial charge in [0.15, 0.2) is 0 Å². The first-order valence-corrected chi connectivity index (χ1v) is 8.51. The van der Waals surface area contributed by atoms with E-state index in [1.807, 2.05) is 4.90 Å². The summed E-state index contributed by atoms with van der Waals surface area (Å²) in [4.78, 5) is 16.9. The van der Waals surface area contributed by atoms with Gasteiger partial charge in [-0.15, -0.1) is 0 Å². The number of para-hydroxylation sites is 1. The zero-order chi connectivity index (χ0) is 15.4. The Kier molecular flexibility index (Phi) is 4.98. The zero-order valence-electron chi connectivity index (χ0n) is 13.6. The van der Waals surface area contributed by atoms with Crippen LogP contribution < -0.4 is 10.2 Å². The van der Waals surface area contributed by atoms with Gasteiger partial charge in [-0.1, -0.05) is 18.2 Å². The van der Waals surface area contributed by atoms with E-state index in [0.29, 0.717) is 12.3 Å². The molecule has 1 aromatic rings. The van der Waals surface area contributed by atoms with Crippen molar-refractivity contribution in [1.29, 1.82) is 0 Å². The highest BCUT2D eigenvalue weighted by atomic mass is 16.2. The molecule has 22 heavy (non-hydrogen) atoms. The van der Waals surface area contributed by atoms with Crippen LogP contribution in [0.3, 0.4) is 0 Å². The van der Waals surface area contributed by atoms with Crippen LogP contribution in [0.5, 0.6) is 0 Å². The maximum absolute atomic E-state index is 12.6. The molecule has 0 aliphatic carbocycles. The van der Waals surface area contributed by atoms with Gasteiger partial charge in [0.1, 0.15) is 0 Å². The molecular formula is C18H27N3O. The Balaban J connectivity index is 1.58. The summed E-state index contributed by atoms with van der Waals surface area (Å²) < 4.78 is 0. The van der Waals surface area contributed by atoms with E-state index in [0.717, 1.165) is 45.1 Å². The second kappa shape index (κ2) is 7.14. The third kappa shape index (κ3) is 3.61. The summed E-state index contributed by atoms with van der Waals surface area (Å²) in [6.45, 7) is 4.72. The van der Waals surface area contributed by atoms with Gasteiger partial charge in [-0.25, -0.2) is 0 Å². The highest BCUT2D eigenvalue weighted by Crippen LogP contribution is 2.25. The molecule has 0 spiro atoms. The Morgan fingerprint density at radius 2 is 2.00 bits per heavy atom. The molecule has 2 aliphatic heterocycles. The van der Waals surface area contributed by atoms with Gasteiger partial charge < -0.3 is 15.1 Å². The number of benzene rings is 1. The van der Waals surface area contributed by atoms with Crippen LogP contribution >= 0.6 is 0 Å². The topological polar surface area (TPSA) is 35.6 Å². The van der Waals surface area contributed by atoms with Gasteiger partial charge in [-0.2, -0.15) is 0 Å². The van der Waals surface area contributed by atoms with Crippen molar-refractivity contribution < 1.29 is 4.79 Å². The Hall–Kier alpha value is -1.55. The van der Waals surface area contributed by atoms with Crippen molar-refractivity contribution in [3.05, 3.63) is 29.8 Å². The normalized spacial score (nSPS) is 19.7. The van der Waals surface area contributed by atoms with Crippen molar-refractivity contribution in [2.45, 2.75) is 32.2 Å². The smallest absolute Gasteiger partial charge is 0.222 e. The fourth-order valence-electron chi connectivity index (χ4n) is 3.56. The molecule has 1 N–H and O–H groups in total. The van der Waals surface area contributed by atoms with E-state index in [2.05, 4.69) is 41.5 Å². The van der Waals surface area contributed by atoms with Crippen LogP contribution in [0.15, 0.2) is 24.3 Å². The number of carbonyl (C=O) groups excluding carboxylic acids is 1. The Labute approximate surface area is 133 Å². The Morgan fingerprint density at radius 3 is 2.82 bits per heavy atom. The summed E-state index contributed by atoms with van der Waals surface area (Å²) in [5.74, 6) is 1.05. The minimum absolute atomic E-state index is 0.323. The van der Waals surface area contributed by atoms with E-state index in [-0.39, 0.29) is 0 Å². The first-order chi connectivity index (χ1) is 10.7. The molecule has 120 valence electrons. The molecule has 2 aliphatic rings. The summed E-state index contributed by atoms with van der Waals surface area (Å²) >= 11 is 0. The molecule has 4 nitrogen and oxygen atoms in total. The van der Waals surface area contributed by atoms with Gasteiger partial charge in [-0.3, -0.25) is 4.79 Å². The van der Waals surface area contributed by atoms with Crippen molar-refractivity contribution in [2.75, 3.05) is 38.1 Å². The number of likely N-dealkylation sites (N-methyl/N-ethyl adjacent to an activating group) is 1. The number of rotatable bonds is 3. The predicted molar refractivity (Wildman–Crippen MR) is 90.0 cm³/mol. The van der Waals surface area contributed by atoms with Crippen LogP contribution in [0.4, 0.5) is 5.69 Å². The number of hydrogen-bond donors (Lipinski definition) is 1. The average molecular weight is 301 g/mol. The first-order valence-electron chi connectivity index (χ1n) is 8.51. The maximum Gasteiger partial charge on any atom is 0.222 e. The number of hydrogen-bond acceptors (Lipinski definition) is 3. The highest BCUT2D eigenvalue weighted by molar-refractivity contribution is 5.76. The lowest BCUT2D eigenvalue weighted by atomic mass is 9.93. The van der Waals surface area contributed by atoms with E-state index in [4.69, 9.17) is 0 Å². The lowest BCUT2D eigenvalue weighted by Gasteiger charge is -2.25. The van der Waals surface area contributed by atoms with Gasteiger partial charge in [0.05, 0.1) is 0 Å². The molecule has 0 unspecified atom stereocenters. The minimum Gasteiger partial charge on any atom is -0.373 e. The maximum atomic E-state index is 12.6. The summed E-state index contributed by atoms with van der Waals surface area (Å²) in [6.07, 6.45) is 4.20. The number of piperidine rings is 1. The predicted octanol–water partition coefficient (Wildman–Crippen LogP) is 2.24. The number of fused-ring (bicyclic) bond motifs is 1. The summed E-state index contributed by atoms with van der Waals surface area (Å²) in [5, 5.41) is 3.39. The monoisotopic (exact) mass is 301 g/mol. The third-order valence-electron chi connectivity index (χ3n) is 5.05. The molecule has 0 aromatic heterocycles. The fourth-order valence-corrected chi connectivity index (χ4v) is 3.56. The third-order valence-corrected chi connectivity index (χ3v) is 5.05. The van der Waals surface area contributed by atoms with E-state index >= 15 is 0 Å². The summed E-state index contributed by atoms with van der Waals surface area (Å²) in [7, 11) is 2.11. The van der Waals surface area contributed by atoms with Crippen LogP contribution in [0, 0.1) is 5.92 Å². The zero-order valence-corrected chi connectivity index (χ0v) is 13.6. The van der Waals surface area contributed by atoms with Crippen molar-refractivity contribution in [1.82, 2.24) is 10.2 Å². The first kappa shape index (κ1) is 15.3. The number of carbonyl (C=O) groups is 1. The van der Waals surface area contributed by atoms with Gasteiger partial charge in [-0.05, 0) is 49.9 Å². The molecule has 1 amide bonds. The molecule has 1 aromatic carbocycles. The van der Waals surface area contributed by atoms with Gasteiger partial charge >= 0.3 is 0 Å². The molecule has 1 saturated heterocycles. The van der Waals surface area contributed by atoms with E-state index < -0.39 is 0 Å². The van der Waals surface area contributed by atoms with E-state index in [1.165, 1.54) is 24.1 Å². The quantitative estimate of drug-likeness (QED) is 0.930. The lowest BCUT2D eigenvalue weighted by molar-refractivity contribution is -0.132. The molecule has 0 atom stereocenters. The molecule has 4 heteroatoms. The SMILES string of the molecule is CN1CCN(C(=O)CCC2CCNCC2)Cc2ccccc21. The van der Waals surface area contributed by atoms with Gasteiger partial charge in [0, 0.05) is 38.8 Å². The molecule has 1 fully saturated rings. The van der Waals surface area contributed by atoms with Crippen LogP contribution in [0.25, 0.3) is 0 Å². The number of amides is 1. The minimum atomic E-state index is 0.323. The van der Waals surface area contributed by atoms with Crippen LogP contribution in [0.2, 0.25) is 0 Å². The molecular weight excluding hydrogens is 274 g/mol. The molecule has 0 saturated carbocycles. The number of anilines is 1. The average Bonchev–Trinajstić information content (AvgIpc) is 2.73. The highest BCUT2D eigenvalue weighted by Gasteiger charge is 2.22. The molecule has 2 heterocycles. The molecule has 3 rings (SSSR count). The Bertz CT molecular complexity index is 511. The van der Waals surface area contributed by atoms with Crippen LogP contribution in [0.1, 0.15) is 31.2 Å². The van der Waals surface area contributed by atoms with Gasteiger partial charge in [0.25, 0.3) is 0 Å². The van der Waals surface area contributed by atoms with Crippen molar-refractivity contribution in [3.63, 3.8) is 0 Å². The second-order valence-electron chi connectivity index (χ2n) is 6.60.